The van der Waals surface area contributed by atoms with Crippen molar-refractivity contribution < 1.29 is 23.9 Å². The highest BCUT2D eigenvalue weighted by atomic mass is 16.5. The summed E-state index contributed by atoms with van der Waals surface area (Å²) in [4.78, 5) is 39.5. The first kappa shape index (κ1) is 33.1. The van der Waals surface area contributed by atoms with Gasteiger partial charge in [0.2, 0.25) is 0 Å². The largest absolute Gasteiger partial charge is 0.466 e. The molecule has 0 radical (unpaired) electrons. The van der Waals surface area contributed by atoms with Crippen LogP contribution in [0.1, 0.15) is 107 Å². The van der Waals surface area contributed by atoms with E-state index in [0.29, 0.717) is 29.7 Å². The summed E-state index contributed by atoms with van der Waals surface area (Å²) in [6, 6.07) is 0. The molecule has 0 aromatic rings. The van der Waals surface area contributed by atoms with Gasteiger partial charge >= 0.3 is 11.9 Å². The molecule has 1 rings (SSSR count). The molecular weight excluding hydrogens is 464 g/mol. The molecule has 0 amide bonds. The highest BCUT2D eigenvalue weighted by Gasteiger charge is 2.47. The average Bonchev–Trinajstić information content (AvgIpc) is 2.78. The maximum atomic E-state index is 13.3. The fourth-order valence-electron chi connectivity index (χ4n) is 5.37. The monoisotopic (exact) mass is 518 g/mol. The van der Waals surface area contributed by atoms with Crippen molar-refractivity contribution in [3.8, 4) is 0 Å². The predicted octanol–water partition coefficient (Wildman–Crippen LogP) is 7.73. The molecule has 5 heteroatoms. The Labute approximate surface area is 226 Å². The summed E-state index contributed by atoms with van der Waals surface area (Å²) in [7, 11) is 0. The van der Waals surface area contributed by atoms with Crippen LogP contribution in [-0.2, 0) is 23.9 Å². The Morgan fingerprint density at radius 2 is 1.32 bits per heavy atom. The molecule has 37 heavy (non-hydrogen) atoms. The van der Waals surface area contributed by atoms with Gasteiger partial charge in [0.05, 0.1) is 19.1 Å². The van der Waals surface area contributed by atoms with Crippen LogP contribution in [-0.4, -0.2) is 30.9 Å². The summed E-state index contributed by atoms with van der Waals surface area (Å²) in [6.07, 6.45) is 13.8. The topological polar surface area (TPSA) is 69.7 Å². The predicted molar refractivity (Wildman–Crippen MR) is 151 cm³/mol. The minimum Gasteiger partial charge on any atom is -0.466 e. The number of ketones is 1. The van der Waals surface area contributed by atoms with Crippen molar-refractivity contribution in [2.45, 2.75) is 107 Å². The van der Waals surface area contributed by atoms with Gasteiger partial charge in [-0.25, -0.2) is 0 Å². The lowest BCUT2D eigenvalue weighted by atomic mass is 9.67. The molecular formula is C32H54O5. The number of rotatable bonds is 17. The van der Waals surface area contributed by atoms with E-state index in [1.165, 1.54) is 18.9 Å². The van der Waals surface area contributed by atoms with Crippen molar-refractivity contribution in [1.82, 2.24) is 0 Å². The molecule has 5 atom stereocenters. The van der Waals surface area contributed by atoms with Crippen LogP contribution >= 0.6 is 0 Å². The van der Waals surface area contributed by atoms with Gasteiger partial charge in [-0.15, -0.1) is 0 Å². The van der Waals surface area contributed by atoms with Crippen molar-refractivity contribution in [3.63, 3.8) is 0 Å². The van der Waals surface area contributed by atoms with Gasteiger partial charge in [0.25, 0.3) is 0 Å². The van der Waals surface area contributed by atoms with Crippen LogP contribution in [0.4, 0.5) is 0 Å². The van der Waals surface area contributed by atoms with Gasteiger partial charge in [-0.3, -0.25) is 14.4 Å². The lowest BCUT2D eigenvalue weighted by molar-refractivity contribution is -0.158. The van der Waals surface area contributed by atoms with E-state index < -0.39 is 23.7 Å². The SMILES string of the molecule is CCOC(=O)C1C(=O)C=C(/C=C/CC(C)CCCC(C)C)[C@H](C(=O)OCC)[C@@H]1CC(C)CCCC(C)C. The third kappa shape index (κ3) is 12.0. The molecule has 0 fully saturated rings. The van der Waals surface area contributed by atoms with E-state index in [4.69, 9.17) is 9.47 Å². The minimum atomic E-state index is -0.964. The molecule has 212 valence electrons. The first-order valence-corrected chi connectivity index (χ1v) is 14.8. The molecule has 0 aromatic carbocycles. The van der Waals surface area contributed by atoms with Crippen LogP contribution in [0.5, 0.6) is 0 Å². The third-order valence-corrected chi connectivity index (χ3v) is 7.39. The van der Waals surface area contributed by atoms with Crippen molar-refractivity contribution in [1.29, 1.82) is 0 Å². The van der Waals surface area contributed by atoms with Crippen molar-refractivity contribution in [3.05, 3.63) is 23.8 Å². The quantitative estimate of drug-likeness (QED) is 0.145. The molecule has 0 heterocycles. The summed E-state index contributed by atoms with van der Waals surface area (Å²) < 4.78 is 10.8. The fraction of sp³-hybridized carbons (Fsp3) is 0.781. The second kappa shape index (κ2) is 17.6. The fourth-order valence-corrected chi connectivity index (χ4v) is 5.37. The third-order valence-electron chi connectivity index (χ3n) is 7.39. The van der Waals surface area contributed by atoms with Gasteiger partial charge in [-0.1, -0.05) is 92.2 Å². The lowest BCUT2D eigenvalue weighted by Gasteiger charge is -2.36. The Balaban J connectivity index is 3.20. The zero-order valence-corrected chi connectivity index (χ0v) is 24.9. The second-order valence-electron chi connectivity index (χ2n) is 11.9. The number of hydrogen-bond donors (Lipinski definition) is 0. The van der Waals surface area contributed by atoms with E-state index in [1.807, 2.05) is 6.08 Å². The van der Waals surface area contributed by atoms with Crippen molar-refractivity contribution in [2.75, 3.05) is 13.2 Å². The first-order valence-electron chi connectivity index (χ1n) is 14.8. The van der Waals surface area contributed by atoms with Crippen LogP contribution < -0.4 is 0 Å². The highest BCUT2D eigenvalue weighted by Crippen LogP contribution is 2.40. The van der Waals surface area contributed by atoms with Gasteiger partial charge < -0.3 is 9.47 Å². The number of allylic oxidation sites excluding steroid dienone is 3. The molecule has 0 spiro atoms. The van der Waals surface area contributed by atoms with Crippen LogP contribution in [0.2, 0.25) is 0 Å². The number of ether oxygens (including phenoxy) is 2. The van der Waals surface area contributed by atoms with E-state index in [1.54, 1.807) is 13.8 Å². The molecule has 3 unspecified atom stereocenters. The van der Waals surface area contributed by atoms with E-state index in [2.05, 4.69) is 47.6 Å². The van der Waals surface area contributed by atoms with E-state index in [9.17, 15) is 14.4 Å². The summed E-state index contributed by atoms with van der Waals surface area (Å²) in [6.45, 7) is 17.3. The first-order chi connectivity index (χ1) is 17.5. The molecule has 0 aromatic heterocycles. The second-order valence-corrected chi connectivity index (χ2v) is 11.9. The van der Waals surface area contributed by atoms with Crippen LogP contribution in [0.15, 0.2) is 23.8 Å². The molecule has 0 bridgehead atoms. The Kier molecular flexibility index (Phi) is 15.7. The van der Waals surface area contributed by atoms with E-state index in [-0.39, 0.29) is 30.9 Å². The van der Waals surface area contributed by atoms with Gasteiger partial charge in [0, 0.05) is 0 Å². The molecule has 5 nitrogen and oxygen atoms in total. The van der Waals surface area contributed by atoms with Gasteiger partial charge in [-0.2, -0.15) is 0 Å². The normalized spacial score (nSPS) is 21.8. The molecule has 1 aliphatic carbocycles. The Morgan fingerprint density at radius 3 is 1.84 bits per heavy atom. The zero-order chi connectivity index (χ0) is 28.0. The average molecular weight is 519 g/mol. The van der Waals surface area contributed by atoms with Crippen molar-refractivity contribution in [2.24, 2.45) is 41.4 Å². The zero-order valence-electron chi connectivity index (χ0n) is 24.9. The molecule has 0 saturated heterocycles. The Bertz CT molecular complexity index is 763. The highest BCUT2D eigenvalue weighted by molar-refractivity contribution is 6.08. The van der Waals surface area contributed by atoms with E-state index in [0.717, 1.165) is 32.1 Å². The maximum absolute atomic E-state index is 13.3. The summed E-state index contributed by atoms with van der Waals surface area (Å²) in [5.74, 6) is -1.07. The van der Waals surface area contributed by atoms with Crippen molar-refractivity contribution >= 4 is 17.7 Å². The Hall–Kier alpha value is -1.91. The van der Waals surface area contributed by atoms with Crippen LogP contribution in [0, 0.1) is 41.4 Å². The molecule has 0 saturated carbocycles. The van der Waals surface area contributed by atoms with Crippen LogP contribution in [0.25, 0.3) is 0 Å². The summed E-state index contributed by atoms with van der Waals surface area (Å²) in [5, 5.41) is 0. The number of esters is 2. The summed E-state index contributed by atoms with van der Waals surface area (Å²) in [5.41, 5.74) is 0.665. The Morgan fingerprint density at radius 1 is 0.811 bits per heavy atom. The summed E-state index contributed by atoms with van der Waals surface area (Å²) >= 11 is 0. The number of carbonyl (C=O) groups is 3. The molecule has 1 aliphatic rings. The van der Waals surface area contributed by atoms with Gasteiger partial charge in [0.1, 0.15) is 5.92 Å². The maximum Gasteiger partial charge on any atom is 0.317 e. The smallest absolute Gasteiger partial charge is 0.317 e. The molecule has 0 N–H and O–H groups in total. The lowest BCUT2D eigenvalue weighted by Crippen LogP contribution is -2.44. The number of carbonyl (C=O) groups excluding carboxylic acids is 3. The van der Waals surface area contributed by atoms with Gasteiger partial charge in [0.15, 0.2) is 5.78 Å². The number of hydrogen-bond acceptors (Lipinski definition) is 5. The standard InChI is InChI=1S/C32H54O5/c1-9-36-31(34)29-26(19-13-17-24(7)16-11-14-22(3)4)21-28(33)30(32(35)37-10-2)27(29)20-25(8)18-12-15-23(5)6/h13,19,21-25,27,29-30H,9-12,14-18,20H2,1-8H3/b19-13+/t24?,25?,27-,29-,30?/m0/s1. The van der Waals surface area contributed by atoms with E-state index >= 15 is 0 Å². The van der Waals surface area contributed by atoms with Gasteiger partial charge in [-0.05, 0) is 67.9 Å². The van der Waals surface area contributed by atoms with Crippen LogP contribution in [0.3, 0.4) is 0 Å². The minimum absolute atomic E-state index is 0.203. The molecule has 0 aliphatic heterocycles.